The van der Waals surface area contributed by atoms with Crippen LogP contribution in [0, 0.1) is 23.7 Å². The lowest BCUT2D eigenvalue weighted by molar-refractivity contribution is 0.126. The fraction of sp³-hybridized carbons (Fsp3) is 0.529. The molecule has 1 unspecified atom stereocenters. The Kier molecular flexibility index (Phi) is 3.84. The number of aryl methyl sites for hydroxylation is 1. The van der Waals surface area contributed by atoms with E-state index in [9.17, 15) is 0 Å². The molecule has 2 aromatic rings. The van der Waals surface area contributed by atoms with Crippen molar-refractivity contribution in [3.63, 3.8) is 0 Å². The van der Waals surface area contributed by atoms with Gasteiger partial charge in [-0.05, 0) is 50.0 Å². The molecule has 5 heteroatoms. The summed E-state index contributed by atoms with van der Waals surface area (Å²) >= 11 is 1.46. The second kappa shape index (κ2) is 5.53. The van der Waals surface area contributed by atoms with E-state index in [0.717, 1.165) is 41.0 Å². The first-order valence-electron chi connectivity index (χ1n) is 7.66. The van der Waals surface area contributed by atoms with Gasteiger partial charge in [0, 0.05) is 18.3 Å². The summed E-state index contributed by atoms with van der Waals surface area (Å²) in [6.07, 6.45) is 1.14. The Bertz CT molecular complexity index is 741. The minimum atomic E-state index is 0.230. The predicted octanol–water partition coefficient (Wildman–Crippen LogP) is 3.62. The normalized spacial score (nSPS) is 21.7. The van der Waals surface area contributed by atoms with Crippen molar-refractivity contribution in [2.24, 2.45) is 5.41 Å². The minimum Gasteiger partial charge on any atom is -0.381 e. The zero-order chi connectivity index (χ0) is 15.9. The van der Waals surface area contributed by atoms with Gasteiger partial charge < -0.3 is 10.2 Å². The zero-order valence-electron chi connectivity index (χ0n) is 13.6. The first-order chi connectivity index (χ1) is 10.4. The van der Waals surface area contributed by atoms with Crippen molar-refractivity contribution in [3.8, 4) is 6.07 Å². The largest absolute Gasteiger partial charge is 0.381 e. The lowest BCUT2D eigenvalue weighted by Crippen LogP contribution is -2.50. The molecule has 22 heavy (non-hydrogen) atoms. The molecule has 1 aliphatic heterocycles. The van der Waals surface area contributed by atoms with Crippen LogP contribution in [0.2, 0.25) is 0 Å². The lowest BCUT2D eigenvalue weighted by atomic mass is 9.79. The van der Waals surface area contributed by atoms with Gasteiger partial charge in [0.15, 0.2) is 5.01 Å². The first-order valence-corrected chi connectivity index (χ1v) is 8.48. The molecule has 1 aromatic heterocycles. The number of piperidine rings is 1. The van der Waals surface area contributed by atoms with Crippen LogP contribution in [0.25, 0.3) is 10.2 Å². The topological polar surface area (TPSA) is 52.0 Å². The fourth-order valence-electron chi connectivity index (χ4n) is 3.41. The number of nitriles is 1. The maximum absolute atomic E-state index is 9.03. The fourth-order valence-corrected chi connectivity index (χ4v) is 4.23. The van der Waals surface area contributed by atoms with Gasteiger partial charge in [-0.1, -0.05) is 13.8 Å². The Hall–Kier alpha value is -1.64. The van der Waals surface area contributed by atoms with Gasteiger partial charge in [-0.2, -0.15) is 5.26 Å². The molecule has 0 amide bonds. The monoisotopic (exact) mass is 314 g/mol. The van der Waals surface area contributed by atoms with Crippen molar-refractivity contribution in [2.75, 3.05) is 25.5 Å². The van der Waals surface area contributed by atoms with Crippen LogP contribution in [0.1, 0.15) is 30.8 Å². The summed E-state index contributed by atoms with van der Waals surface area (Å²) in [6, 6.07) is 6.80. The SMILES string of the molecule is Cc1c(NC2CCN(C)CC2(C)C)ccc2sc(C#N)nc12. The molecule has 1 atom stereocenters. The highest BCUT2D eigenvalue weighted by atomic mass is 32.1. The predicted molar refractivity (Wildman–Crippen MR) is 92.4 cm³/mol. The number of rotatable bonds is 2. The van der Waals surface area contributed by atoms with Crippen LogP contribution in [0.5, 0.6) is 0 Å². The van der Waals surface area contributed by atoms with Gasteiger partial charge in [0.1, 0.15) is 6.07 Å². The summed E-state index contributed by atoms with van der Waals surface area (Å²) in [6.45, 7) is 8.96. The van der Waals surface area contributed by atoms with Crippen LogP contribution >= 0.6 is 11.3 Å². The number of likely N-dealkylation sites (tertiary alicyclic amines) is 1. The van der Waals surface area contributed by atoms with Crippen LogP contribution < -0.4 is 5.32 Å². The van der Waals surface area contributed by atoms with Crippen LogP contribution in [-0.4, -0.2) is 36.1 Å². The van der Waals surface area contributed by atoms with E-state index < -0.39 is 0 Å². The summed E-state index contributed by atoms with van der Waals surface area (Å²) < 4.78 is 1.09. The lowest BCUT2D eigenvalue weighted by Gasteiger charge is -2.44. The Labute approximate surface area is 135 Å². The summed E-state index contributed by atoms with van der Waals surface area (Å²) in [5.41, 5.74) is 3.47. The van der Waals surface area contributed by atoms with Gasteiger partial charge in [0.05, 0.1) is 10.2 Å². The van der Waals surface area contributed by atoms with Crippen LogP contribution in [0.3, 0.4) is 0 Å². The number of aromatic nitrogens is 1. The zero-order valence-corrected chi connectivity index (χ0v) is 14.4. The van der Waals surface area contributed by atoms with E-state index >= 15 is 0 Å². The summed E-state index contributed by atoms with van der Waals surface area (Å²) in [7, 11) is 2.19. The van der Waals surface area contributed by atoms with E-state index in [1.165, 1.54) is 11.3 Å². The average Bonchev–Trinajstić information content (AvgIpc) is 2.88. The molecule has 2 heterocycles. The second-order valence-corrected chi connectivity index (χ2v) is 7.96. The standard InChI is InChI=1S/C17H22N4S/c1-11-12(5-6-13-16(11)20-15(9-18)22-13)19-14-7-8-21(4)10-17(14,2)3/h5-6,14,19H,7-8,10H2,1-4H3. The van der Waals surface area contributed by atoms with Crippen molar-refractivity contribution >= 4 is 27.2 Å². The van der Waals surface area contributed by atoms with Crippen LogP contribution in [0.15, 0.2) is 12.1 Å². The number of benzene rings is 1. The molecule has 0 spiro atoms. The number of anilines is 1. The van der Waals surface area contributed by atoms with E-state index in [1.807, 2.05) is 0 Å². The number of thiazole rings is 1. The van der Waals surface area contributed by atoms with Crippen molar-refractivity contribution in [1.29, 1.82) is 5.26 Å². The van der Waals surface area contributed by atoms with Gasteiger partial charge in [-0.15, -0.1) is 11.3 Å². The number of fused-ring (bicyclic) bond motifs is 1. The molecule has 1 fully saturated rings. The molecule has 1 aliphatic rings. The molecule has 0 aliphatic carbocycles. The third-order valence-electron chi connectivity index (χ3n) is 4.66. The van der Waals surface area contributed by atoms with Gasteiger partial charge >= 0.3 is 0 Å². The van der Waals surface area contributed by atoms with Gasteiger partial charge in [0.25, 0.3) is 0 Å². The number of hydrogen-bond acceptors (Lipinski definition) is 5. The molecule has 4 nitrogen and oxygen atoms in total. The van der Waals surface area contributed by atoms with Gasteiger partial charge in [-0.3, -0.25) is 0 Å². The molecule has 1 saturated heterocycles. The number of nitrogens with one attached hydrogen (secondary N) is 1. The third kappa shape index (κ3) is 2.69. The minimum absolute atomic E-state index is 0.230. The Morgan fingerprint density at radius 3 is 2.91 bits per heavy atom. The molecule has 0 bridgehead atoms. The maximum Gasteiger partial charge on any atom is 0.195 e. The van der Waals surface area contributed by atoms with Crippen LogP contribution in [-0.2, 0) is 0 Å². The van der Waals surface area contributed by atoms with Crippen LogP contribution in [0.4, 0.5) is 5.69 Å². The molecule has 116 valence electrons. The average molecular weight is 314 g/mol. The van der Waals surface area contributed by atoms with Crippen molar-refractivity contribution < 1.29 is 0 Å². The Morgan fingerprint density at radius 1 is 1.45 bits per heavy atom. The highest BCUT2D eigenvalue weighted by Crippen LogP contribution is 2.34. The third-order valence-corrected chi connectivity index (χ3v) is 5.58. The molecule has 1 aromatic carbocycles. The van der Waals surface area contributed by atoms with E-state index in [-0.39, 0.29) is 5.41 Å². The van der Waals surface area contributed by atoms with E-state index in [0.29, 0.717) is 11.0 Å². The molecule has 0 saturated carbocycles. The highest BCUT2D eigenvalue weighted by molar-refractivity contribution is 7.19. The van der Waals surface area contributed by atoms with Gasteiger partial charge in [0.2, 0.25) is 0 Å². The molecular weight excluding hydrogens is 292 g/mol. The molecule has 3 rings (SSSR count). The van der Waals surface area contributed by atoms with Crippen molar-refractivity contribution in [1.82, 2.24) is 9.88 Å². The summed E-state index contributed by atoms with van der Waals surface area (Å²) in [4.78, 5) is 6.84. The second-order valence-electron chi connectivity index (χ2n) is 6.93. The highest BCUT2D eigenvalue weighted by Gasteiger charge is 2.34. The first kappa shape index (κ1) is 15.3. The van der Waals surface area contributed by atoms with Gasteiger partial charge in [-0.25, -0.2) is 4.98 Å². The number of hydrogen-bond donors (Lipinski definition) is 1. The summed E-state index contributed by atoms with van der Waals surface area (Å²) in [5, 5.41) is 13.3. The molecule has 1 N–H and O–H groups in total. The smallest absolute Gasteiger partial charge is 0.195 e. The van der Waals surface area contributed by atoms with E-state index in [2.05, 4.69) is 61.2 Å². The maximum atomic E-state index is 9.03. The summed E-state index contributed by atoms with van der Waals surface area (Å²) in [5.74, 6) is 0. The van der Waals surface area contributed by atoms with Crippen molar-refractivity contribution in [2.45, 2.75) is 33.2 Å². The quantitative estimate of drug-likeness (QED) is 0.920. The molecule has 0 radical (unpaired) electrons. The van der Waals surface area contributed by atoms with Crippen molar-refractivity contribution in [3.05, 3.63) is 22.7 Å². The Balaban J connectivity index is 1.91. The van der Waals surface area contributed by atoms with E-state index in [4.69, 9.17) is 5.26 Å². The molecular formula is C17H22N4S. The van der Waals surface area contributed by atoms with E-state index in [1.54, 1.807) is 0 Å². The number of nitrogens with zero attached hydrogens (tertiary/aromatic N) is 3. The Morgan fingerprint density at radius 2 is 2.23 bits per heavy atom.